The predicted octanol–water partition coefficient (Wildman–Crippen LogP) is 4.90. The highest BCUT2D eigenvalue weighted by Crippen LogP contribution is 2.50. The number of hydrogen-bond acceptors (Lipinski definition) is 3. The Morgan fingerprint density at radius 2 is 2.00 bits per heavy atom. The number of anilines is 1. The van der Waals surface area contributed by atoms with Crippen molar-refractivity contribution in [3.63, 3.8) is 0 Å². The van der Waals surface area contributed by atoms with Crippen molar-refractivity contribution in [3.05, 3.63) is 58.7 Å². The van der Waals surface area contributed by atoms with Crippen LogP contribution in [-0.4, -0.2) is 31.4 Å². The molecule has 2 aromatic rings. The molecule has 0 aromatic heterocycles. The molecule has 1 fully saturated rings. The molecule has 140 valence electrons. The topological polar surface area (TPSA) is 15.3 Å². The van der Waals surface area contributed by atoms with E-state index in [1.165, 1.54) is 47.2 Å². The summed E-state index contributed by atoms with van der Waals surface area (Å²) in [6, 6.07) is 8.98. The summed E-state index contributed by atoms with van der Waals surface area (Å²) in [6.07, 6.45) is 5.78. The second kappa shape index (κ2) is 6.95. The van der Waals surface area contributed by atoms with Gasteiger partial charge in [-0.15, -0.1) is 11.8 Å². The fourth-order valence-electron chi connectivity index (χ4n) is 4.69. The van der Waals surface area contributed by atoms with Crippen LogP contribution in [0.2, 0.25) is 0 Å². The molecule has 1 saturated heterocycles. The van der Waals surface area contributed by atoms with Crippen LogP contribution in [0.1, 0.15) is 35.4 Å². The number of hydrogen-bond donors (Lipinski definition) is 1. The molecule has 2 aromatic carbocycles. The zero-order valence-electron chi connectivity index (χ0n) is 15.1. The molecular weight excluding hydrogens is 362 g/mol. The van der Waals surface area contributed by atoms with Crippen molar-refractivity contribution in [2.45, 2.75) is 29.7 Å². The van der Waals surface area contributed by atoms with Crippen LogP contribution < -0.4 is 10.2 Å². The minimum Gasteiger partial charge on any atom is -0.367 e. The van der Waals surface area contributed by atoms with Gasteiger partial charge in [0.15, 0.2) is 0 Å². The fraction of sp³-hybridized carbons (Fsp3) is 0.364. The van der Waals surface area contributed by atoms with Gasteiger partial charge in [0.25, 0.3) is 0 Å². The van der Waals surface area contributed by atoms with E-state index in [-0.39, 0.29) is 5.56 Å². The number of rotatable bonds is 2. The summed E-state index contributed by atoms with van der Waals surface area (Å²) in [5.74, 6) is 0.572. The van der Waals surface area contributed by atoms with Gasteiger partial charge in [0.2, 0.25) is 0 Å². The third-order valence-corrected chi connectivity index (χ3v) is 7.02. The number of piperidine rings is 1. The van der Waals surface area contributed by atoms with Gasteiger partial charge in [-0.25, -0.2) is 8.78 Å². The monoisotopic (exact) mass is 384 g/mol. The van der Waals surface area contributed by atoms with Crippen LogP contribution in [0.25, 0.3) is 12.2 Å². The van der Waals surface area contributed by atoms with Gasteiger partial charge >= 0.3 is 0 Å². The summed E-state index contributed by atoms with van der Waals surface area (Å²) in [5.41, 5.74) is 3.85. The van der Waals surface area contributed by atoms with Crippen LogP contribution in [0.3, 0.4) is 0 Å². The van der Waals surface area contributed by atoms with Crippen LogP contribution in [0, 0.1) is 11.6 Å². The summed E-state index contributed by atoms with van der Waals surface area (Å²) < 4.78 is 27.9. The molecule has 3 aliphatic heterocycles. The molecular formula is C22H22F2N2S. The maximum Gasteiger partial charge on any atom is 0.133 e. The third kappa shape index (κ3) is 2.97. The molecule has 0 bridgehead atoms. The lowest BCUT2D eigenvalue weighted by Gasteiger charge is -2.33. The quantitative estimate of drug-likeness (QED) is 0.742. The summed E-state index contributed by atoms with van der Waals surface area (Å²) in [5, 5.41) is 3.54. The molecule has 27 heavy (non-hydrogen) atoms. The van der Waals surface area contributed by atoms with Crippen LogP contribution in [0.15, 0.2) is 35.2 Å². The SMILES string of the molecule is Fc1cccc(F)c1C=Cc1cc2c3c(c1)[C@@H]1CNCC[C@@H]1N3CCCS2. The number of fused-ring (bicyclic) bond motifs is 3. The Labute approximate surface area is 162 Å². The van der Waals surface area contributed by atoms with Gasteiger partial charge in [-0.1, -0.05) is 12.1 Å². The lowest BCUT2D eigenvalue weighted by molar-refractivity contribution is 0.403. The Bertz CT molecular complexity index is 891. The average Bonchev–Trinajstić information content (AvgIpc) is 2.83. The smallest absolute Gasteiger partial charge is 0.133 e. The predicted molar refractivity (Wildman–Crippen MR) is 108 cm³/mol. The van der Waals surface area contributed by atoms with Crippen molar-refractivity contribution < 1.29 is 8.78 Å². The lowest BCUT2D eigenvalue weighted by Crippen LogP contribution is -2.44. The highest BCUT2D eigenvalue weighted by Gasteiger charge is 2.41. The van der Waals surface area contributed by atoms with Crippen LogP contribution in [-0.2, 0) is 0 Å². The van der Waals surface area contributed by atoms with Gasteiger partial charge in [-0.2, -0.15) is 0 Å². The van der Waals surface area contributed by atoms with Gasteiger partial charge in [0.1, 0.15) is 11.6 Å². The van der Waals surface area contributed by atoms with Crippen molar-refractivity contribution >= 4 is 29.6 Å². The van der Waals surface area contributed by atoms with Gasteiger partial charge in [-0.05, 0) is 66.6 Å². The van der Waals surface area contributed by atoms with E-state index in [0.717, 1.165) is 31.0 Å². The van der Waals surface area contributed by atoms with Gasteiger partial charge in [-0.3, -0.25) is 0 Å². The maximum absolute atomic E-state index is 13.9. The highest BCUT2D eigenvalue weighted by molar-refractivity contribution is 7.99. The fourth-order valence-corrected chi connectivity index (χ4v) is 5.78. The lowest BCUT2D eigenvalue weighted by atomic mass is 9.89. The van der Waals surface area contributed by atoms with E-state index in [9.17, 15) is 8.78 Å². The van der Waals surface area contributed by atoms with Crippen LogP contribution in [0.4, 0.5) is 14.5 Å². The molecule has 5 heteroatoms. The Hall–Kier alpha value is -1.85. The van der Waals surface area contributed by atoms with Crippen molar-refractivity contribution in [1.29, 1.82) is 0 Å². The van der Waals surface area contributed by atoms with E-state index in [1.807, 2.05) is 17.8 Å². The minimum atomic E-state index is -0.525. The zero-order chi connectivity index (χ0) is 18.4. The van der Waals surface area contributed by atoms with E-state index in [1.54, 1.807) is 6.08 Å². The van der Waals surface area contributed by atoms with Crippen molar-refractivity contribution in [2.75, 3.05) is 30.3 Å². The summed E-state index contributed by atoms with van der Waals surface area (Å²) >= 11 is 1.91. The highest BCUT2D eigenvalue weighted by atomic mass is 32.2. The molecule has 0 spiro atoms. The number of thioether (sulfide) groups is 1. The van der Waals surface area contributed by atoms with Crippen molar-refractivity contribution in [1.82, 2.24) is 5.32 Å². The minimum absolute atomic E-state index is 0.0235. The van der Waals surface area contributed by atoms with Crippen LogP contribution >= 0.6 is 11.8 Å². The molecule has 2 atom stereocenters. The second-order valence-corrected chi connectivity index (χ2v) is 8.62. The zero-order valence-corrected chi connectivity index (χ0v) is 15.9. The van der Waals surface area contributed by atoms with Crippen LogP contribution in [0.5, 0.6) is 0 Å². The van der Waals surface area contributed by atoms with E-state index >= 15 is 0 Å². The Balaban J connectivity index is 1.57. The molecule has 0 radical (unpaired) electrons. The Kier molecular flexibility index (Phi) is 4.44. The summed E-state index contributed by atoms with van der Waals surface area (Å²) in [6.45, 7) is 3.21. The molecule has 0 amide bonds. The summed E-state index contributed by atoms with van der Waals surface area (Å²) in [7, 11) is 0. The molecule has 1 N–H and O–H groups in total. The first-order valence-corrected chi connectivity index (χ1v) is 10.6. The first-order valence-electron chi connectivity index (χ1n) is 9.62. The number of benzene rings is 2. The molecule has 0 aliphatic carbocycles. The maximum atomic E-state index is 13.9. The summed E-state index contributed by atoms with van der Waals surface area (Å²) in [4.78, 5) is 3.94. The van der Waals surface area contributed by atoms with E-state index in [2.05, 4.69) is 22.3 Å². The molecule has 0 saturated carbocycles. The Morgan fingerprint density at radius 1 is 1.15 bits per heavy atom. The van der Waals surface area contributed by atoms with E-state index in [0.29, 0.717) is 12.0 Å². The number of halogens is 2. The molecule has 3 heterocycles. The van der Waals surface area contributed by atoms with Crippen molar-refractivity contribution in [2.24, 2.45) is 0 Å². The first-order chi connectivity index (χ1) is 13.2. The molecule has 5 rings (SSSR count). The van der Waals surface area contributed by atoms with E-state index in [4.69, 9.17) is 0 Å². The normalized spacial score (nSPS) is 24.0. The first kappa shape index (κ1) is 17.3. The van der Waals surface area contributed by atoms with Gasteiger partial charge in [0, 0.05) is 35.5 Å². The largest absolute Gasteiger partial charge is 0.367 e. The molecule has 2 nitrogen and oxygen atoms in total. The number of nitrogens with one attached hydrogen (secondary N) is 1. The average molecular weight is 384 g/mol. The Morgan fingerprint density at radius 3 is 2.85 bits per heavy atom. The van der Waals surface area contributed by atoms with E-state index < -0.39 is 11.6 Å². The third-order valence-electron chi connectivity index (χ3n) is 5.90. The van der Waals surface area contributed by atoms with Gasteiger partial charge in [0.05, 0.1) is 5.69 Å². The molecule has 3 aliphatic rings. The number of nitrogens with zero attached hydrogens (tertiary/aromatic N) is 1. The van der Waals surface area contributed by atoms with Crippen molar-refractivity contribution in [3.8, 4) is 0 Å². The second-order valence-electron chi connectivity index (χ2n) is 7.49. The standard InChI is InChI=1S/C22H22F2N2S/c23-18-3-1-4-19(24)15(18)6-5-14-11-16-17-13-25-8-7-20(17)26-9-2-10-27-21(12-14)22(16)26/h1,3-6,11-12,17,20,25H,2,7-10,13H2/t17-,20-/m0/s1. The van der Waals surface area contributed by atoms with Gasteiger partial charge < -0.3 is 10.2 Å². The molecule has 0 unspecified atom stereocenters.